The maximum absolute atomic E-state index is 13.5. The van der Waals surface area contributed by atoms with Gasteiger partial charge in [0.05, 0.1) is 31.7 Å². The first-order chi connectivity index (χ1) is 21.3. The Morgan fingerprint density at radius 3 is 1.28 bits per heavy atom. The molecule has 0 saturated carbocycles. The van der Waals surface area contributed by atoms with Gasteiger partial charge in [0, 0.05) is 26.2 Å². The van der Waals surface area contributed by atoms with E-state index in [1.165, 1.54) is 0 Å². The van der Waals surface area contributed by atoms with E-state index in [1.807, 2.05) is 81.7 Å². The molecule has 1 saturated heterocycles. The van der Waals surface area contributed by atoms with E-state index in [1.54, 1.807) is 46.4 Å². The zero-order valence-electron chi connectivity index (χ0n) is 30.9. The highest BCUT2D eigenvalue weighted by Gasteiger charge is 2.45. The van der Waals surface area contributed by atoms with Crippen molar-refractivity contribution in [3.8, 4) is 0 Å². The topological polar surface area (TPSA) is 115 Å². The summed E-state index contributed by atoms with van der Waals surface area (Å²) in [5.74, 6) is -1.79. The third-order valence-corrected chi connectivity index (χ3v) is 6.84. The summed E-state index contributed by atoms with van der Waals surface area (Å²) >= 11 is 0. The lowest BCUT2D eigenvalue weighted by molar-refractivity contribution is -0.166. The molecule has 1 aliphatic rings. The van der Waals surface area contributed by atoms with Crippen molar-refractivity contribution in [2.24, 2.45) is 0 Å². The standard InChI is InChI=1S/C36H59N3O8/c1-32(2,3)44-28(40)21-37-18-19-38(22-29(41)45-33(4,5)6)26-36(25-37,20-27-16-14-13-15-17-27)39(23-30(42)46-34(7,8)9)24-31(43)47-35(10,11)12/h13-17H,18-26H2,1-12H3. The van der Waals surface area contributed by atoms with Crippen LogP contribution < -0.4 is 0 Å². The van der Waals surface area contributed by atoms with Crippen LogP contribution in [0.4, 0.5) is 0 Å². The van der Waals surface area contributed by atoms with Crippen molar-refractivity contribution < 1.29 is 38.1 Å². The highest BCUT2D eigenvalue weighted by atomic mass is 16.6. The second-order valence-corrected chi connectivity index (χ2v) is 16.5. The fourth-order valence-electron chi connectivity index (χ4n) is 5.56. The van der Waals surface area contributed by atoms with Gasteiger partial charge in [-0.15, -0.1) is 0 Å². The minimum absolute atomic E-state index is 0.0131. The fraction of sp³-hybridized carbons (Fsp3) is 0.722. The molecule has 11 nitrogen and oxygen atoms in total. The molecule has 1 heterocycles. The molecule has 2 rings (SSSR count). The second kappa shape index (κ2) is 15.9. The van der Waals surface area contributed by atoms with Gasteiger partial charge in [0.1, 0.15) is 22.4 Å². The first-order valence-corrected chi connectivity index (χ1v) is 16.4. The molecule has 11 heteroatoms. The number of carbonyl (C=O) groups excluding carboxylic acids is 4. The molecule has 0 atom stereocenters. The summed E-state index contributed by atoms with van der Waals surface area (Å²) in [6.07, 6.45) is 0.398. The van der Waals surface area contributed by atoms with Crippen LogP contribution in [-0.4, -0.2) is 119 Å². The smallest absolute Gasteiger partial charge is 0.320 e. The Bertz CT molecular complexity index is 1140. The van der Waals surface area contributed by atoms with Gasteiger partial charge in [0.25, 0.3) is 0 Å². The molecule has 0 unspecified atom stereocenters. The van der Waals surface area contributed by atoms with Gasteiger partial charge < -0.3 is 18.9 Å². The molecule has 1 aromatic carbocycles. The number of hydrogen-bond acceptors (Lipinski definition) is 11. The first kappa shape index (κ1) is 40.2. The summed E-state index contributed by atoms with van der Waals surface area (Å²) in [5.41, 5.74) is -2.86. The van der Waals surface area contributed by atoms with Crippen molar-refractivity contribution in [2.75, 3.05) is 52.4 Å². The van der Waals surface area contributed by atoms with E-state index in [2.05, 4.69) is 0 Å². The Morgan fingerprint density at radius 1 is 0.596 bits per heavy atom. The van der Waals surface area contributed by atoms with Crippen LogP contribution in [-0.2, 0) is 44.5 Å². The third-order valence-electron chi connectivity index (χ3n) is 6.84. The molecule has 0 spiro atoms. The molecule has 0 amide bonds. The Labute approximate surface area is 282 Å². The summed E-state index contributed by atoms with van der Waals surface area (Å²) < 4.78 is 22.9. The Hall–Kier alpha value is -3.02. The van der Waals surface area contributed by atoms with E-state index >= 15 is 0 Å². The molecule has 1 fully saturated rings. The van der Waals surface area contributed by atoms with Crippen LogP contribution in [0.3, 0.4) is 0 Å². The summed E-state index contributed by atoms with van der Waals surface area (Å²) in [4.78, 5) is 59.1. The largest absolute Gasteiger partial charge is 0.459 e. The summed E-state index contributed by atoms with van der Waals surface area (Å²) in [6, 6.07) is 9.77. The molecular weight excluding hydrogens is 602 g/mol. The lowest BCUT2D eigenvalue weighted by atomic mass is 9.87. The van der Waals surface area contributed by atoms with Gasteiger partial charge in [0.15, 0.2) is 0 Å². The number of hydrogen-bond donors (Lipinski definition) is 0. The molecule has 1 aromatic rings. The second-order valence-electron chi connectivity index (χ2n) is 16.5. The molecule has 0 aliphatic carbocycles. The van der Waals surface area contributed by atoms with Gasteiger partial charge in [0.2, 0.25) is 0 Å². The van der Waals surface area contributed by atoms with Gasteiger partial charge in [-0.2, -0.15) is 0 Å². The van der Waals surface area contributed by atoms with E-state index in [0.717, 1.165) is 5.56 Å². The van der Waals surface area contributed by atoms with Crippen LogP contribution in [0.5, 0.6) is 0 Å². The van der Waals surface area contributed by atoms with Crippen molar-refractivity contribution in [3.05, 3.63) is 35.9 Å². The number of nitrogens with zero attached hydrogens (tertiary/aromatic N) is 3. The highest BCUT2D eigenvalue weighted by Crippen LogP contribution is 2.29. The van der Waals surface area contributed by atoms with Crippen LogP contribution in [0.1, 0.15) is 88.6 Å². The molecule has 47 heavy (non-hydrogen) atoms. The maximum atomic E-state index is 13.5. The highest BCUT2D eigenvalue weighted by molar-refractivity contribution is 5.76. The van der Waals surface area contributed by atoms with Crippen LogP contribution in [0.15, 0.2) is 30.3 Å². The van der Waals surface area contributed by atoms with Gasteiger partial charge in [-0.1, -0.05) is 30.3 Å². The minimum atomic E-state index is -0.963. The molecule has 0 aromatic heterocycles. The van der Waals surface area contributed by atoms with Gasteiger partial charge in [-0.3, -0.25) is 33.9 Å². The maximum Gasteiger partial charge on any atom is 0.320 e. The molecule has 0 N–H and O–H groups in total. The Morgan fingerprint density at radius 2 is 0.936 bits per heavy atom. The zero-order chi connectivity index (χ0) is 35.8. The van der Waals surface area contributed by atoms with Gasteiger partial charge >= 0.3 is 23.9 Å². The van der Waals surface area contributed by atoms with Crippen molar-refractivity contribution in [1.29, 1.82) is 0 Å². The molecule has 0 bridgehead atoms. The fourth-order valence-corrected chi connectivity index (χ4v) is 5.56. The number of benzene rings is 1. The Balaban J connectivity index is 2.70. The monoisotopic (exact) mass is 661 g/mol. The summed E-state index contributed by atoms with van der Waals surface area (Å²) in [6.45, 7) is 22.6. The van der Waals surface area contributed by atoms with E-state index < -0.39 is 51.8 Å². The van der Waals surface area contributed by atoms with E-state index in [9.17, 15) is 19.2 Å². The lowest BCUT2D eigenvalue weighted by Gasteiger charge is -2.46. The van der Waals surface area contributed by atoms with Crippen molar-refractivity contribution in [3.63, 3.8) is 0 Å². The molecular formula is C36H59N3O8. The Kier molecular flexibility index (Phi) is 13.6. The van der Waals surface area contributed by atoms with E-state index in [-0.39, 0.29) is 39.3 Å². The average Bonchev–Trinajstić information content (AvgIpc) is 2.99. The number of esters is 4. The predicted molar refractivity (Wildman–Crippen MR) is 181 cm³/mol. The van der Waals surface area contributed by atoms with Crippen molar-refractivity contribution in [2.45, 2.75) is 117 Å². The van der Waals surface area contributed by atoms with Crippen LogP contribution >= 0.6 is 0 Å². The van der Waals surface area contributed by atoms with Crippen molar-refractivity contribution >= 4 is 23.9 Å². The van der Waals surface area contributed by atoms with E-state index in [4.69, 9.17) is 18.9 Å². The quantitative estimate of drug-likeness (QED) is 0.250. The predicted octanol–water partition coefficient (Wildman–Crippen LogP) is 4.25. The normalized spacial score (nSPS) is 16.7. The minimum Gasteiger partial charge on any atom is -0.459 e. The van der Waals surface area contributed by atoms with Crippen LogP contribution in [0.25, 0.3) is 0 Å². The number of ether oxygens (including phenoxy) is 4. The lowest BCUT2D eigenvalue weighted by Crippen LogP contribution is -2.63. The van der Waals surface area contributed by atoms with Gasteiger partial charge in [-0.25, -0.2) is 0 Å². The van der Waals surface area contributed by atoms with E-state index in [0.29, 0.717) is 19.5 Å². The third kappa shape index (κ3) is 16.1. The molecule has 1 aliphatic heterocycles. The summed E-state index contributed by atoms with van der Waals surface area (Å²) in [5, 5.41) is 0. The zero-order valence-corrected chi connectivity index (χ0v) is 30.9. The first-order valence-electron chi connectivity index (χ1n) is 16.4. The SMILES string of the molecule is CC(C)(C)OC(=O)CN1CCN(CC(=O)OC(C)(C)C)CC(Cc2ccccc2)(N(CC(=O)OC(C)(C)C)CC(=O)OC(C)(C)C)C1. The summed E-state index contributed by atoms with van der Waals surface area (Å²) in [7, 11) is 0. The van der Waals surface area contributed by atoms with Crippen LogP contribution in [0, 0.1) is 0 Å². The number of carbonyl (C=O) groups is 4. The van der Waals surface area contributed by atoms with Gasteiger partial charge in [-0.05, 0) is 95.1 Å². The molecule has 266 valence electrons. The van der Waals surface area contributed by atoms with Crippen LogP contribution in [0.2, 0.25) is 0 Å². The average molecular weight is 662 g/mol. The number of rotatable bonds is 11. The molecule has 0 radical (unpaired) electrons. The van der Waals surface area contributed by atoms with Crippen molar-refractivity contribution in [1.82, 2.24) is 14.7 Å².